The molecule has 17 heteroatoms. The fourth-order valence-corrected chi connectivity index (χ4v) is 5.46. The number of aromatic nitrogens is 2. The van der Waals surface area contributed by atoms with Gasteiger partial charge in [0.1, 0.15) is 16.7 Å². The largest absolute Gasteiger partial charge is 0.484 e. The average molecular weight is 598 g/mol. The van der Waals surface area contributed by atoms with Gasteiger partial charge in [-0.1, -0.05) is 0 Å². The van der Waals surface area contributed by atoms with Crippen LogP contribution in [-0.4, -0.2) is 60.2 Å². The molecule has 2 heterocycles. The van der Waals surface area contributed by atoms with Gasteiger partial charge in [0.2, 0.25) is 11.5 Å². The van der Waals surface area contributed by atoms with Gasteiger partial charge in [0.05, 0.1) is 29.7 Å². The number of ether oxygens (including phenoxy) is 2. The van der Waals surface area contributed by atoms with Crippen LogP contribution in [0.4, 0.5) is 38.1 Å². The number of carbonyl (C=O) groups is 2. The number of hydrogen-bond donors (Lipinski definition) is 2. The number of aryl methyl sites for hydroxylation is 1. The van der Waals surface area contributed by atoms with Gasteiger partial charge in [0, 0.05) is 12.6 Å². The summed E-state index contributed by atoms with van der Waals surface area (Å²) in [5.41, 5.74) is -4.48. The summed E-state index contributed by atoms with van der Waals surface area (Å²) >= 11 is 0. The van der Waals surface area contributed by atoms with E-state index in [4.69, 9.17) is 4.74 Å². The number of hydrogen-bond acceptors (Lipinski definition) is 7. The topological polar surface area (TPSA) is 132 Å². The van der Waals surface area contributed by atoms with Crippen LogP contribution in [0.15, 0.2) is 29.3 Å². The summed E-state index contributed by atoms with van der Waals surface area (Å²) in [6.07, 6.45) is -6.65. The third-order valence-corrected chi connectivity index (χ3v) is 7.93. The first kappa shape index (κ1) is 30.9. The Bertz CT molecular complexity index is 1410. The van der Waals surface area contributed by atoms with Gasteiger partial charge in [-0.05, 0) is 52.8 Å². The van der Waals surface area contributed by atoms with Crippen LogP contribution in [-0.2, 0) is 19.6 Å². The highest BCUT2D eigenvalue weighted by atomic mass is 32.2. The van der Waals surface area contributed by atoms with Crippen LogP contribution in [0.3, 0.4) is 0 Å². The van der Waals surface area contributed by atoms with Crippen molar-refractivity contribution < 1.29 is 49.4 Å². The second-order valence-corrected chi connectivity index (χ2v) is 11.9. The fraction of sp³-hybridized carbons (Fsp3) is 0.522. The molecule has 1 aliphatic heterocycles. The lowest BCUT2D eigenvalue weighted by molar-refractivity contribution is -0.242. The maximum atomic E-state index is 13.8. The highest BCUT2D eigenvalue weighted by Crippen LogP contribution is 2.41. The van der Waals surface area contributed by atoms with E-state index in [1.165, 1.54) is 26.0 Å². The number of amides is 2. The van der Waals surface area contributed by atoms with Gasteiger partial charge in [0.15, 0.2) is 0 Å². The van der Waals surface area contributed by atoms with Crippen molar-refractivity contribution in [3.8, 4) is 5.75 Å². The van der Waals surface area contributed by atoms with Crippen molar-refractivity contribution in [3.63, 3.8) is 0 Å². The number of anilines is 2. The second kappa shape index (κ2) is 10.4. The number of halogens is 5. The molecule has 0 radical (unpaired) electrons. The van der Waals surface area contributed by atoms with Crippen molar-refractivity contribution in [2.45, 2.75) is 76.4 Å². The Kier molecular flexibility index (Phi) is 8.04. The summed E-state index contributed by atoms with van der Waals surface area (Å²) in [4.78, 5) is 23.4. The van der Waals surface area contributed by atoms with E-state index in [1.807, 2.05) is 0 Å². The molecular formula is C23H28F5N5O6S. The standard InChI is InChI=1S/C23H28F5N5O6S/c1-12-17(10-32(31-12)19(24)25)40(36,37)33-11-18(21(3,4)30-13(2)34)38-16-8-7-14(9-15(16)33)29-20(35)39-22(5,6)23(26,27)28/h7-10,18-19H,11H2,1-6H3,(H,29,35)(H,30,34). The Labute approximate surface area is 226 Å². The van der Waals surface area contributed by atoms with E-state index >= 15 is 0 Å². The third kappa shape index (κ3) is 6.23. The van der Waals surface area contributed by atoms with E-state index in [0.29, 0.717) is 20.0 Å². The maximum Gasteiger partial charge on any atom is 0.427 e. The first-order valence-electron chi connectivity index (χ1n) is 11.7. The fourth-order valence-electron chi connectivity index (χ4n) is 3.84. The summed E-state index contributed by atoms with van der Waals surface area (Å²) in [6.45, 7) is 3.42. The predicted octanol–water partition coefficient (Wildman–Crippen LogP) is 4.35. The van der Waals surface area contributed by atoms with Crippen LogP contribution in [0.1, 0.15) is 46.9 Å². The van der Waals surface area contributed by atoms with Gasteiger partial charge in [-0.25, -0.2) is 17.9 Å². The zero-order valence-corrected chi connectivity index (χ0v) is 23.1. The predicted molar refractivity (Wildman–Crippen MR) is 132 cm³/mol. The normalized spacial score (nSPS) is 16.3. The summed E-state index contributed by atoms with van der Waals surface area (Å²) in [5.74, 6) is -0.464. The average Bonchev–Trinajstić information content (AvgIpc) is 3.19. The lowest BCUT2D eigenvalue weighted by Gasteiger charge is -2.42. The van der Waals surface area contributed by atoms with Crippen molar-refractivity contribution in [3.05, 3.63) is 30.1 Å². The number of rotatable bonds is 7. The number of nitrogens with zero attached hydrogens (tertiary/aromatic N) is 3. The number of fused-ring (bicyclic) bond motifs is 1. The highest BCUT2D eigenvalue weighted by Gasteiger charge is 2.51. The Morgan fingerprint density at radius 2 is 1.80 bits per heavy atom. The number of carbonyl (C=O) groups excluding carboxylic acids is 2. The maximum absolute atomic E-state index is 13.8. The van der Waals surface area contributed by atoms with Crippen LogP contribution in [0, 0.1) is 6.92 Å². The highest BCUT2D eigenvalue weighted by molar-refractivity contribution is 7.92. The van der Waals surface area contributed by atoms with Gasteiger partial charge >= 0.3 is 18.8 Å². The molecule has 1 aromatic carbocycles. The van der Waals surface area contributed by atoms with Gasteiger partial charge in [-0.3, -0.25) is 14.4 Å². The SMILES string of the molecule is CC(=O)NC(C)(C)C1CN(S(=O)(=O)c2cn(C(F)F)nc2C)c2cc(NC(=O)OC(C)(C)C(F)(F)F)ccc2O1. The molecule has 0 aliphatic carbocycles. The minimum Gasteiger partial charge on any atom is -0.484 e. The van der Waals surface area contributed by atoms with Gasteiger partial charge in [0.25, 0.3) is 10.0 Å². The van der Waals surface area contributed by atoms with E-state index in [1.54, 1.807) is 13.8 Å². The Morgan fingerprint density at radius 1 is 1.18 bits per heavy atom. The van der Waals surface area contributed by atoms with Crippen molar-refractivity contribution >= 4 is 33.4 Å². The molecular weight excluding hydrogens is 569 g/mol. The molecule has 3 rings (SSSR count). The molecule has 1 aromatic heterocycles. The summed E-state index contributed by atoms with van der Waals surface area (Å²) < 4.78 is 105. The molecule has 1 atom stereocenters. The van der Waals surface area contributed by atoms with Crippen LogP contribution < -0.4 is 19.7 Å². The Hall–Kier alpha value is -3.63. The molecule has 222 valence electrons. The summed E-state index contributed by atoms with van der Waals surface area (Å²) in [6, 6.07) is 3.61. The molecule has 2 amide bonds. The van der Waals surface area contributed by atoms with Crippen LogP contribution in [0.5, 0.6) is 5.75 Å². The number of alkyl halides is 5. The summed E-state index contributed by atoms with van der Waals surface area (Å²) in [5, 5.41) is 8.34. The van der Waals surface area contributed by atoms with Crippen LogP contribution in [0.25, 0.3) is 0 Å². The molecule has 1 unspecified atom stereocenters. The molecule has 0 saturated heterocycles. The minimum atomic E-state index is -4.87. The Balaban J connectivity index is 2.06. The minimum absolute atomic E-state index is 0.0355. The molecule has 0 saturated carbocycles. The molecule has 2 N–H and O–H groups in total. The first-order valence-corrected chi connectivity index (χ1v) is 13.1. The van der Waals surface area contributed by atoms with Crippen molar-refractivity contribution in [1.29, 1.82) is 0 Å². The van der Waals surface area contributed by atoms with Crippen LogP contribution in [0.2, 0.25) is 0 Å². The zero-order chi connectivity index (χ0) is 30.4. The number of benzene rings is 1. The van der Waals surface area contributed by atoms with Crippen LogP contribution >= 0.6 is 0 Å². The molecule has 2 aromatic rings. The molecule has 0 fully saturated rings. The summed E-state index contributed by atoms with van der Waals surface area (Å²) in [7, 11) is -4.60. The van der Waals surface area contributed by atoms with E-state index in [9.17, 15) is 40.0 Å². The van der Waals surface area contributed by atoms with E-state index in [2.05, 4.69) is 20.5 Å². The van der Waals surface area contributed by atoms with E-state index in [-0.39, 0.29) is 27.5 Å². The molecule has 0 spiro atoms. The zero-order valence-electron chi connectivity index (χ0n) is 22.3. The van der Waals surface area contributed by atoms with Gasteiger partial charge in [-0.2, -0.15) is 27.1 Å². The monoisotopic (exact) mass is 597 g/mol. The number of nitrogens with one attached hydrogen (secondary N) is 2. The van der Waals surface area contributed by atoms with Crippen molar-refractivity contribution in [2.75, 3.05) is 16.2 Å². The third-order valence-electron chi connectivity index (χ3n) is 6.05. The molecule has 0 bridgehead atoms. The van der Waals surface area contributed by atoms with E-state index < -0.39 is 63.4 Å². The van der Waals surface area contributed by atoms with Crippen molar-refractivity contribution in [1.82, 2.24) is 15.1 Å². The lowest BCUT2D eigenvalue weighted by Crippen LogP contribution is -2.60. The molecule has 11 nitrogen and oxygen atoms in total. The number of sulfonamides is 1. The van der Waals surface area contributed by atoms with Gasteiger partial charge < -0.3 is 14.8 Å². The van der Waals surface area contributed by atoms with Crippen molar-refractivity contribution in [2.24, 2.45) is 0 Å². The Morgan fingerprint density at radius 3 is 2.33 bits per heavy atom. The second-order valence-electron chi connectivity index (χ2n) is 10.1. The first-order chi connectivity index (χ1) is 18.2. The lowest BCUT2D eigenvalue weighted by atomic mass is 9.95. The quantitative estimate of drug-likeness (QED) is 0.454. The van der Waals surface area contributed by atoms with Gasteiger partial charge in [-0.15, -0.1) is 0 Å². The molecule has 1 aliphatic rings. The molecule has 40 heavy (non-hydrogen) atoms. The van der Waals surface area contributed by atoms with E-state index in [0.717, 1.165) is 10.4 Å². The smallest absolute Gasteiger partial charge is 0.427 e.